The molecule has 0 aliphatic carbocycles. The fourth-order valence-corrected chi connectivity index (χ4v) is 4.71. The highest BCUT2D eigenvalue weighted by Gasteiger charge is 2.30. The van der Waals surface area contributed by atoms with E-state index in [4.69, 9.17) is 4.74 Å². The number of fused-ring (bicyclic) bond motifs is 1. The Hall–Kier alpha value is -2.65. The van der Waals surface area contributed by atoms with Crippen LogP contribution in [0.1, 0.15) is 12.8 Å². The van der Waals surface area contributed by atoms with Gasteiger partial charge in [-0.15, -0.1) is 0 Å². The van der Waals surface area contributed by atoms with Crippen molar-refractivity contribution in [3.63, 3.8) is 0 Å². The number of hydrogen-bond acceptors (Lipinski definition) is 4. The summed E-state index contributed by atoms with van der Waals surface area (Å²) in [5.74, 6) is 0.239. The summed E-state index contributed by atoms with van der Waals surface area (Å²) in [6.07, 6.45) is 0.963. The largest absolute Gasteiger partial charge is 0.490 e. The number of nitrogens with one attached hydrogen (secondary N) is 2. The lowest BCUT2D eigenvalue weighted by molar-refractivity contribution is 0.135. The molecule has 4 rings (SSSR count). The highest BCUT2D eigenvalue weighted by atomic mass is 32.2. The zero-order valence-electron chi connectivity index (χ0n) is 14.3. The molecule has 3 aromatic rings. The molecule has 1 aliphatic rings. The normalized spacial score (nSPS) is 16.6. The third kappa shape index (κ3) is 3.60. The van der Waals surface area contributed by atoms with Gasteiger partial charge in [0, 0.05) is 13.1 Å². The number of sulfonamides is 1. The summed E-state index contributed by atoms with van der Waals surface area (Å²) in [4.78, 5) is 16.7. The van der Waals surface area contributed by atoms with Crippen LogP contribution < -0.4 is 10.4 Å². The van der Waals surface area contributed by atoms with Crippen LogP contribution in [0.2, 0.25) is 0 Å². The first-order valence-corrected chi connectivity index (χ1v) is 10.0. The van der Waals surface area contributed by atoms with Crippen molar-refractivity contribution in [3.8, 4) is 5.75 Å². The fraction of sp³-hybridized carbons (Fsp3) is 0.278. The molecule has 1 fully saturated rings. The first kappa shape index (κ1) is 17.7. The number of aromatic amines is 2. The number of piperidine rings is 1. The van der Waals surface area contributed by atoms with Crippen molar-refractivity contribution in [1.82, 2.24) is 14.3 Å². The van der Waals surface area contributed by atoms with E-state index in [2.05, 4.69) is 9.97 Å². The van der Waals surface area contributed by atoms with Crippen molar-refractivity contribution >= 4 is 21.1 Å². The molecular formula is C18H18FN3O4S. The minimum absolute atomic E-state index is 0.120. The molecule has 2 N–H and O–H groups in total. The Morgan fingerprint density at radius 3 is 2.37 bits per heavy atom. The van der Waals surface area contributed by atoms with Gasteiger partial charge < -0.3 is 14.7 Å². The van der Waals surface area contributed by atoms with E-state index in [0.29, 0.717) is 42.7 Å². The zero-order chi connectivity index (χ0) is 19.0. The van der Waals surface area contributed by atoms with Gasteiger partial charge in [-0.25, -0.2) is 17.6 Å². The lowest BCUT2D eigenvalue weighted by atomic mass is 10.1. The fourth-order valence-electron chi connectivity index (χ4n) is 3.22. The first-order chi connectivity index (χ1) is 12.9. The third-order valence-corrected chi connectivity index (χ3v) is 6.54. The van der Waals surface area contributed by atoms with E-state index in [9.17, 15) is 17.6 Å². The van der Waals surface area contributed by atoms with Crippen LogP contribution >= 0.6 is 0 Å². The van der Waals surface area contributed by atoms with E-state index in [-0.39, 0.29) is 22.5 Å². The van der Waals surface area contributed by atoms with Gasteiger partial charge in [-0.2, -0.15) is 4.31 Å². The van der Waals surface area contributed by atoms with Crippen molar-refractivity contribution in [3.05, 3.63) is 58.8 Å². The zero-order valence-corrected chi connectivity index (χ0v) is 15.1. The first-order valence-electron chi connectivity index (χ1n) is 8.56. The maximum Gasteiger partial charge on any atom is 0.323 e. The van der Waals surface area contributed by atoms with Gasteiger partial charge in [0.15, 0.2) is 0 Å². The quantitative estimate of drug-likeness (QED) is 0.713. The number of imidazole rings is 1. The molecule has 7 nitrogen and oxygen atoms in total. The number of hydrogen-bond donors (Lipinski definition) is 2. The monoisotopic (exact) mass is 391 g/mol. The lowest BCUT2D eigenvalue weighted by Crippen LogP contribution is -2.41. The Morgan fingerprint density at radius 2 is 1.67 bits per heavy atom. The molecule has 1 aliphatic heterocycles. The Morgan fingerprint density at radius 1 is 1.00 bits per heavy atom. The summed E-state index contributed by atoms with van der Waals surface area (Å²) in [5, 5.41) is 0. The molecular weight excluding hydrogens is 373 g/mol. The van der Waals surface area contributed by atoms with Crippen molar-refractivity contribution in [2.75, 3.05) is 13.1 Å². The van der Waals surface area contributed by atoms with Gasteiger partial charge in [0.1, 0.15) is 17.7 Å². The molecule has 142 valence electrons. The molecule has 0 radical (unpaired) electrons. The predicted molar refractivity (Wildman–Crippen MR) is 97.7 cm³/mol. The minimum atomic E-state index is -3.65. The molecule has 1 aromatic heterocycles. The maximum atomic E-state index is 13.0. The van der Waals surface area contributed by atoms with E-state index in [1.165, 1.54) is 28.6 Å². The van der Waals surface area contributed by atoms with Crippen LogP contribution in [0.15, 0.2) is 52.2 Å². The lowest BCUT2D eigenvalue weighted by Gasteiger charge is -2.31. The summed E-state index contributed by atoms with van der Waals surface area (Å²) in [5.41, 5.74) is 0.638. The number of aromatic nitrogens is 2. The predicted octanol–water partition coefficient (Wildman–Crippen LogP) is 2.23. The second kappa shape index (κ2) is 6.82. The SMILES string of the molecule is O=c1[nH]c2ccc(S(=O)(=O)N3CCC(Oc4ccc(F)cc4)CC3)cc2[nH]1. The molecule has 0 unspecified atom stereocenters. The highest BCUT2D eigenvalue weighted by Crippen LogP contribution is 2.25. The second-order valence-corrected chi connectivity index (χ2v) is 8.40. The van der Waals surface area contributed by atoms with Gasteiger partial charge >= 0.3 is 5.69 Å². The molecule has 27 heavy (non-hydrogen) atoms. The van der Waals surface area contributed by atoms with Crippen LogP contribution in [0, 0.1) is 5.82 Å². The van der Waals surface area contributed by atoms with Gasteiger partial charge in [-0.1, -0.05) is 0 Å². The van der Waals surface area contributed by atoms with Crippen LogP contribution in [-0.4, -0.2) is 41.9 Å². The van der Waals surface area contributed by atoms with Crippen molar-refractivity contribution in [1.29, 1.82) is 0 Å². The molecule has 9 heteroatoms. The minimum Gasteiger partial charge on any atom is -0.490 e. The van der Waals surface area contributed by atoms with Gasteiger partial charge in [0.25, 0.3) is 0 Å². The average molecular weight is 391 g/mol. The number of nitrogens with zero attached hydrogens (tertiary/aromatic N) is 1. The summed E-state index contributed by atoms with van der Waals surface area (Å²) in [7, 11) is -3.65. The van der Waals surface area contributed by atoms with Crippen molar-refractivity contribution in [2.45, 2.75) is 23.8 Å². The molecule has 2 aromatic carbocycles. The number of benzene rings is 2. The van der Waals surface area contributed by atoms with Crippen LogP contribution in [-0.2, 0) is 10.0 Å². The summed E-state index contributed by atoms with van der Waals surface area (Å²) in [6.45, 7) is 0.659. The van der Waals surface area contributed by atoms with Crippen LogP contribution in [0.4, 0.5) is 4.39 Å². The van der Waals surface area contributed by atoms with E-state index < -0.39 is 10.0 Å². The van der Waals surface area contributed by atoms with Gasteiger partial charge in [0.05, 0.1) is 15.9 Å². The third-order valence-electron chi connectivity index (χ3n) is 4.64. The van der Waals surface area contributed by atoms with E-state index in [0.717, 1.165) is 0 Å². The maximum absolute atomic E-state index is 13.0. The molecule has 0 saturated carbocycles. The molecule has 0 bridgehead atoms. The van der Waals surface area contributed by atoms with Gasteiger partial charge in [-0.3, -0.25) is 0 Å². The molecule has 2 heterocycles. The number of H-pyrrole nitrogens is 2. The number of halogens is 1. The molecule has 0 atom stereocenters. The summed E-state index contributed by atoms with van der Waals surface area (Å²) >= 11 is 0. The van der Waals surface area contributed by atoms with E-state index >= 15 is 0 Å². The van der Waals surface area contributed by atoms with Crippen molar-refractivity contribution < 1.29 is 17.5 Å². The topological polar surface area (TPSA) is 95.3 Å². The molecule has 0 amide bonds. The second-order valence-electron chi connectivity index (χ2n) is 6.46. The Balaban J connectivity index is 1.45. The van der Waals surface area contributed by atoms with E-state index in [1.54, 1.807) is 18.2 Å². The number of ether oxygens (including phenoxy) is 1. The summed E-state index contributed by atoms with van der Waals surface area (Å²) < 4.78 is 45.9. The van der Waals surface area contributed by atoms with Crippen molar-refractivity contribution in [2.24, 2.45) is 0 Å². The summed E-state index contributed by atoms with van der Waals surface area (Å²) in [6, 6.07) is 10.3. The standard InChI is InChI=1S/C18H18FN3O4S/c19-12-1-3-13(4-2-12)26-14-7-9-22(10-8-14)27(24,25)15-5-6-16-17(11-15)21-18(23)20-16/h1-6,11,14H,7-10H2,(H2,20,21,23). The number of rotatable bonds is 4. The van der Waals surface area contributed by atoms with Crippen LogP contribution in [0.3, 0.4) is 0 Å². The molecule has 1 saturated heterocycles. The van der Waals surface area contributed by atoms with Crippen LogP contribution in [0.5, 0.6) is 5.75 Å². The van der Waals surface area contributed by atoms with Gasteiger partial charge in [-0.05, 0) is 55.3 Å². The molecule has 0 spiro atoms. The Labute approximate surface area is 154 Å². The Kier molecular flexibility index (Phi) is 4.48. The average Bonchev–Trinajstić information content (AvgIpc) is 3.03. The van der Waals surface area contributed by atoms with Gasteiger partial charge in [0.2, 0.25) is 10.0 Å². The Bertz CT molecular complexity index is 1110. The smallest absolute Gasteiger partial charge is 0.323 e. The highest BCUT2D eigenvalue weighted by molar-refractivity contribution is 7.89. The van der Waals surface area contributed by atoms with E-state index in [1.807, 2.05) is 0 Å². The van der Waals surface area contributed by atoms with Crippen LogP contribution in [0.25, 0.3) is 11.0 Å².